The van der Waals surface area contributed by atoms with Gasteiger partial charge in [-0.3, -0.25) is 4.79 Å². The second-order valence-electron chi connectivity index (χ2n) is 1.83. The van der Waals surface area contributed by atoms with Crippen molar-refractivity contribution in [3.63, 3.8) is 0 Å². The maximum atomic E-state index is 10.7. The van der Waals surface area contributed by atoms with Crippen LogP contribution in [-0.4, -0.2) is 11.4 Å². The lowest BCUT2D eigenvalue weighted by Gasteiger charge is -2.01. The van der Waals surface area contributed by atoms with Gasteiger partial charge in [0.2, 0.25) is 0 Å². The number of hydrogen-bond acceptors (Lipinski definition) is 2. The van der Waals surface area contributed by atoms with Gasteiger partial charge in [0.05, 0.1) is 0 Å². The van der Waals surface area contributed by atoms with Crippen molar-refractivity contribution in [2.75, 3.05) is 6.26 Å². The van der Waals surface area contributed by atoms with E-state index in [0.717, 1.165) is 6.42 Å². The molecule has 0 N–H and O–H groups in total. The van der Waals surface area contributed by atoms with Crippen LogP contribution in [0.25, 0.3) is 0 Å². The zero-order valence-electron chi connectivity index (χ0n) is 5.60. The van der Waals surface area contributed by atoms with Crippen molar-refractivity contribution in [3.8, 4) is 0 Å². The molecular formula is C6H12OS. The molecular weight excluding hydrogens is 120 g/mol. The molecule has 8 heavy (non-hydrogen) atoms. The minimum absolute atomic E-state index is 0.241. The summed E-state index contributed by atoms with van der Waals surface area (Å²) in [6, 6.07) is 0. The van der Waals surface area contributed by atoms with Crippen LogP contribution < -0.4 is 0 Å². The highest BCUT2D eigenvalue weighted by Gasteiger charge is 2.06. The summed E-state index contributed by atoms with van der Waals surface area (Å²) in [5.41, 5.74) is 0. The van der Waals surface area contributed by atoms with Gasteiger partial charge in [-0.25, -0.2) is 0 Å². The fourth-order valence-electron chi connectivity index (χ4n) is 0.368. The monoisotopic (exact) mass is 132 g/mol. The first-order valence-corrected chi connectivity index (χ1v) is 4.02. The number of carbonyl (C=O) groups excluding carboxylic acids is 1. The molecule has 0 amide bonds. The van der Waals surface area contributed by atoms with Gasteiger partial charge in [-0.15, -0.1) is 0 Å². The van der Waals surface area contributed by atoms with Crippen LogP contribution in [0.2, 0.25) is 0 Å². The van der Waals surface area contributed by atoms with E-state index in [-0.39, 0.29) is 5.92 Å². The van der Waals surface area contributed by atoms with E-state index < -0.39 is 0 Å². The predicted octanol–water partition coefficient (Wildman–Crippen LogP) is 1.92. The molecule has 0 aromatic heterocycles. The Kier molecular flexibility index (Phi) is 3.97. The van der Waals surface area contributed by atoms with Gasteiger partial charge in [0.25, 0.3) is 0 Å². The fourth-order valence-corrected chi connectivity index (χ4v) is 0.937. The van der Waals surface area contributed by atoms with Gasteiger partial charge >= 0.3 is 0 Å². The molecule has 0 rings (SSSR count). The van der Waals surface area contributed by atoms with Crippen molar-refractivity contribution >= 4 is 16.9 Å². The summed E-state index contributed by atoms with van der Waals surface area (Å²) in [5.74, 6) is 0.241. The number of rotatable bonds is 2. The molecule has 2 heteroatoms. The Bertz CT molecular complexity index is 80.6. The first-order valence-electron chi connectivity index (χ1n) is 2.80. The lowest BCUT2D eigenvalue weighted by atomic mass is 10.1. The normalized spacial score (nSPS) is 13.4. The molecule has 1 nitrogen and oxygen atoms in total. The number of thioether (sulfide) groups is 1. The van der Waals surface area contributed by atoms with Crippen LogP contribution in [0.5, 0.6) is 0 Å². The van der Waals surface area contributed by atoms with E-state index in [1.54, 1.807) is 0 Å². The summed E-state index contributed by atoms with van der Waals surface area (Å²) >= 11 is 1.32. The fraction of sp³-hybridized carbons (Fsp3) is 0.833. The molecule has 0 bridgehead atoms. The molecule has 0 fully saturated rings. The molecule has 0 saturated heterocycles. The Morgan fingerprint density at radius 1 is 1.75 bits per heavy atom. The van der Waals surface area contributed by atoms with Crippen LogP contribution in [0.4, 0.5) is 0 Å². The molecule has 0 saturated carbocycles. The average Bonchev–Trinajstić information content (AvgIpc) is 1.84. The molecule has 0 heterocycles. The lowest BCUT2D eigenvalue weighted by Crippen LogP contribution is -2.03. The van der Waals surface area contributed by atoms with Gasteiger partial charge in [-0.2, -0.15) is 0 Å². The first-order chi connectivity index (χ1) is 3.72. The first kappa shape index (κ1) is 8.02. The lowest BCUT2D eigenvalue weighted by molar-refractivity contribution is -0.113. The van der Waals surface area contributed by atoms with E-state index in [9.17, 15) is 4.79 Å². The van der Waals surface area contributed by atoms with Crippen molar-refractivity contribution in [3.05, 3.63) is 0 Å². The minimum atomic E-state index is 0.241. The zero-order valence-corrected chi connectivity index (χ0v) is 6.42. The Hall–Kier alpha value is 0.0200. The highest BCUT2D eigenvalue weighted by Crippen LogP contribution is 2.09. The molecule has 0 spiro atoms. The molecule has 48 valence electrons. The van der Waals surface area contributed by atoms with Crippen molar-refractivity contribution in [2.24, 2.45) is 5.92 Å². The van der Waals surface area contributed by atoms with Gasteiger partial charge in [0, 0.05) is 5.92 Å². The topological polar surface area (TPSA) is 17.1 Å². The molecule has 0 aliphatic heterocycles. The Morgan fingerprint density at radius 2 is 2.25 bits per heavy atom. The van der Waals surface area contributed by atoms with Crippen LogP contribution in [-0.2, 0) is 4.79 Å². The quantitative estimate of drug-likeness (QED) is 0.571. The number of hydrogen-bond donors (Lipinski definition) is 0. The summed E-state index contributed by atoms with van der Waals surface area (Å²) in [7, 11) is 0. The largest absolute Gasteiger partial charge is 0.287 e. The third-order valence-electron chi connectivity index (χ3n) is 1.22. The van der Waals surface area contributed by atoms with Gasteiger partial charge < -0.3 is 0 Å². The summed E-state index contributed by atoms with van der Waals surface area (Å²) in [5, 5.41) is 0.299. The van der Waals surface area contributed by atoms with E-state index in [1.807, 2.05) is 20.1 Å². The highest BCUT2D eigenvalue weighted by atomic mass is 32.2. The Labute approximate surface area is 54.8 Å². The maximum Gasteiger partial charge on any atom is 0.191 e. The third-order valence-corrected chi connectivity index (χ3v) is 2.02. The molecule has 1 unspecified atom stereocenters. The SMILES string of the molecule is CCC(C)C(=O)SC. The Balaban J connectivity index is 3.46. The van der Waals surface area contributed by atoms with Gasteiger partial charge in [-0.1, -0.05) is 25.6 Å². The van der Waals surface area contributed by atoms with Crippen molar-refractivity contribution in [1.82, 2.24) is 0 Å². The predicted molar refractivity (Wildman–Crippen MR) is 38.0 cm³/mol. The van der Waals surface area contributed by atoms with Crippen LogP contribution in [0.1, 0.15) is 20.3 Å². The second-order valence-corrected chi connectivity index (χ2v) is 2.64. The van der Waals surface area contributed by atoms with E-state index in [2.05, 4.69) is 0 Å². The smallest absolute Gasteiger partial charge is 0.191 e. The van der Waals surface area contributed by atoms with Gasteiger partial charge in [0.1, 0.15) is 0 Å². The van der Waals surface area contributed by atoms with Crippen LogP contribution in [0.15, 0.2) is 0 Å². The van der Waals surface area contributed by atoms with Gasteiger partial charge in [0.15, 0.2) is 5.12 Å². The summed E-state index contributed by atoms with van der Waals surface area (Å²) in [6.07, 6.45) is 2.79. The molecule has 0 radical (unpaired) electrons. The van der Waals surface area contributed by atoms with Crippen molar-refractivity contribution < 1.29 is 4.79 Å². The molecule has 1 atom stereocenters. The van der Waals surface area contributed by atoms with E-state index in [0.29, 0.717) is 5.12 Å². The van der Waals surface area contributed by atoms with E-state index >= 15 is 0 Å². The van der Waals surface area contributed by atoms with Crippen LogP contribution in [0, 0.1) is 5.92 Å². The highest BCUT2D eigenvalue weighted by molar-refractivity contribution is 8.13. The Morgan fingerprint density at radius 3 is 2.38 bits per heavy atom. The summed E-state index contributed by atoms with van der Waals surface area (Å²) in [4.78, 5) is 10.7. The van der Waals surface area contributed by atoms with Crippen molar-refractivity contribution in [2.45, 2.75) is 20.3 Å². The molecule has 0 aromatic carbocycles. The number of carbonyl (C=O) groups is 1. The summed E-state index contributed by atoms with van der Waals surface area (Å²) < 4.78 is 0. The zero-order chi connectivity index (χ0) is 6.57. The maximum absolute atomic E-state index is 10.7. The molecule has 0 aliphatic carbocycles. The van der Waals surface area contributed by atoms with Gasteiger partial charge in [-0.05, 0) is 12.7 Å². The third kappa shape index (κ3) is 2.36. The van der Waals surface area contributed by atoms with Crippen molar-refractivity contribution in [1.29, 1.82) is 0 Å². The molecule has 0 aliphatic rings. The summed E-state index contributed by atoms with van der Waals surface area (Å²) in [6.45, 7) is 3.98. The van der Waals surface area contributed by atoms with E-state index in [1.165, 1.54) is 11.8 Å². The second kappa shape index (κ2) is 3.96. The van der Waals surface area contributed by atoms with Crippen LogP contribution >= 0.6 is 11.8 Å². The van der Waals surface area contributed by atoms with E-state index in [4.69, 9.17) is 0 Å². The average molecular weight is 132 g/mol. The standard InChI is InChI=1S/C6H12OS/c1-4-5(2)6(7)8-3/h5H,4H2,1-3H3. The minimum Gasteiger partial charge on any atom is -0.287 e. The molecule has 0 aromatic rings. The van der Waals surface area contributed by atoms with Crippen LogP contribution in [0.3, 0.4) is 0 Å².